The molecule has 0 aliphatic carbocycles. The number of pyridine rings is 1. The fraction of sp³-hybridized carbons (Fsp3) is 0.0769. The van der Waals surface area contributed by atoms with E-state index in [-0.39, 0.29) is 6.16 Å². The van der Waals surface area contributed by atoms with Crippen molar-refractivity contribution in [3.63, 3.8) is 0 Å². The van der Waals surface area contributed by atoms with Crippen molar-refractivity contribution in [1.29, 1.82) is 0 Å². The average molecular weight is 293 g/mol. The molecule has 1 amide bonds. The summed E-state index contributed by atoms with van der Waals surface area (Å²) in [6, 6.07) is 10.0. The molecule has 0 spiro atoms. The van der Waals surface area contributed by atoms with Gasteiger partial charge in [-0.25, -0.2) is 9.79 Å². The van der Waals surface area contributed by atoms with Crippen molar-refractivity contribution in [3.8, 4) is 5.69 Å². The van der Waals surface area contributed by atoms with Gasteiger partial charge in [-0.2, -0.15) is 4.57 Å². The lowest BCUT2D eigenvalue weighted by atomic mass is 10.2. The molecule has 1 aromatic heterocycles. The van der Waals surface area contributed by atoms with Crippen molar-refractivity contribution in [3.05, 3.63) is 59.9 Å². The quantitative estimate of drug-likeness (QED) is 0.529. The van der Waals surface area contributed by atoms with Crippen LogP contribution in [0.5, 0.6) is 0 Å². The molecule has 104 valence electrons. The van der Waals surface area contributed by atoms with Crippen LogP contribution < -0.4 is 15.2 Å². The number of aromatic nitrogens is 1. The summed E-state index contributed by atoms with van der Waals surface area (Å²) in [6.07, 6.45) is 3.06. The minimum absolute atomic E-state index is 0.292. The Morgan fingerprint density at radius 2 is 1.90 bits per heavy atom. The summed E-state index contributed by atoms with van der Waals surface area (Å²) in [6.45, 7) is 0. The Kier molecular flexibility index (Phi) is 4.11. The molecule has 6 nitrogen and oxygen atoms in total. The standard InChI is InChI=1S/C13H13N2O4P/c14-13(16)11-2-1-7-15(8-11)12-5-3-10(4-6-12)9-20(17,18)19/h1-8H,9H2,(H3-,14,16,17,18,19)/p+1. The zero-order valence-electron chi connectivity index (χ0n) is 10.5. The molecule has 1 heterocycles. The third kappa shape index (κ3) is 3.82. The third-order valence-corrected chi connectivity index (χ3v) is 3.49. The van der Waals surface area contributed by atoms with Crippen LogP contribution in [0.2, 0.25) is 0 Å². The SMILES string of the molecule is NC(=O)c1ccc[n+](-c2ccc(C[P+]([O-])(O)O)cc2)c1. The van der Waals surface area contributed by atoms with Gasteiger partial charge in [0.2, 0.25) is 13.6 Å². The van der Waals surface area contributed by atoms with E-state index in [0.29, 0.717) is 11.1 Å². The third-order valence-electron chi connectivity index (χ3n) is 2.71. The Bertz CT molecular complexity index is 623. The highest BCUT2D eigenvalue weighted by molar-refractivity contribution is 7.56. The van der Waals surface area contributed by atoms with Gasteiger partial charge in [-0.1, -0.05) is 0 Å². The van der Waals surface area contributed by atoms with Gasteiger partial charge >= 0.3 is 0 Å². The van der Waals surface area contributed by atoms with Crippen molar-refractivity contribution < 1.29 is 24.0 Å². The summed E-state index contributed by atoms with van der Waals surface area (Å²) in [4.78, 5) is 39.8. The van der Waals surface area contributed by atoms with Crippen LogP contribution in [0.3, 0.4) is 0 Å². The van der Waals surface area contributed by atoms with Crippen LogP contribution in [0.4, 0.5) is 0 Å². The molecule has 0 saturated carbocycles. The maximum absolute atomic E-state index is 11.1. The number of carbonyl (C=O) groups excluding carboxylic acids is 1. The summed E-state index contributed by atoms with van der Waals surface area (Å²) in [7, 11) is -4.06. The molecule has 20 heavy (non-hydrogen) atoms. The molecule has 0 aliphatic rings. The van der Waals surface area contributed by atoms with E-state index in [1.807, 2.05) is 0 Å². The number of primary amides is 1. The molecule has 2 rings (SSSR count). The Morgan fingerprint density at radius 1 is 1.25 bits per heavy atom. The van der Waals surface area contributed by atoms with Crippen molar-refractivity contribution in [1.82, 2.24) is 0 Å². The maximum atomic E-state index is 11.1. The average Bonchev–Trinajstić information content (AvgIpc) is 2.38. The van der Waals surface area contributed by atoms with Gasteiger partial charge in [-0.05, 0) is 23.8 Å². The van der Waals surface area contributed by atoms with Crippen LogP contribution in [0.1, 0.15) is 15.9 Å². The lowest BCUT2D eigenvalue weighted by Gasteiger charge is -2.14. The van der Waals surface area contributed by atoms with E-state index in [1.54, 1.807) is 53.4 Å². The minimum atomic E-state index is -4.06. The van der Waals surface area contributed by atoms with Crippen LogP contribution in [-0.4, -0.2) is 15.7 Å². The van der Waals surface area contributed by atoms with Gasteiger partial charge < -0.3 is 10.6 Å². The first-order valence-electron chi connectivity index (χ1n) is 5.80. The molecular weight excluding hydrogens is 279 g/mol. The Morgan fingerprint density at radius 3 is 2.45 bits per heavy atom. The molecule has 1 aromatic carbocycles. The van der Waals surface area contributed by atoms with Crippen LogP contribution >= 0.6 is 7.94 Å². The second-order valence-electron chi connectivity index (χ2n) is 4.35. The molecule has 4 N–H and O–H groups in total. The van der Waals surface area contributed by atoms with Gasteiger partial charge in [-0.15, -0.1) is 0 Å². The smallest absolute Gasteiger partial charge is 0.254 e. The highest BCUT2D eigenvalue weighted by Crippen LogP contribution is 2.43. The molecule has 2 aromatic rings. The predicted molar refractivity (Wildman–Crippen MR) is 71.6 cm³/mol. The van der Waals surface area contributed by atoms with Gasteiger partial charge in [0.1, 0.15) is 11.7 Å². The maximum Gasteiger partial charge on any atom is 0.254 e. The van der Waals surface area contributed by atoms with E-state index in [0.717, 1.165) is 5.69 Å². The van der Waals surface area contributed by atoms with Crippen LogP contribution in [0.25, 0.3) is 5.69 Å². The summed E-state index contributed by atoms with van der Waals surface area (Å²) in [5.41, 5.74) is 6.91. The molecule has 0 atom stereocenters. The molecule has 0 saturated heterocycles. The number of nitrogens with zero attached hydrogens (tertiary/aromatic N) is 1. The van der Waals surface area contributed by atoms with Crippen LogP contribution in [-0.2, 0) is 6.16 Å². The van der Waals surface area contributed by atoms with Crippen molar-refractivity contribution in [2.75, 3.05) is 0 Å². The van der Waals surface area contributed by atoms with Gasteiger partial charge in [0, 0.05) is 18.2 Å². The number of amides is 1. The first-order valence-corrected chi connectivity index (χ1v) is 7.60. The molecule has 0 radical (unpaired) electrons. The summed E-state index contributed by atoms with van der Waals surface area (Å²) >= 11 is 0. The van der Waals surface area contributed by atoms with E-state index in [1.165, 1.54) is 0 Å². The number of hydrogen-bond acceptors (Lipinski definition) is 4. The second-order valence-corrected chi connectivity index (χ2v) is 6.00. The van der Waals surface area contributed by atoms with Crippen LogP contribution in [0, 0.1) is 0 Å². The predicted octanol–water partition coefficient (Wildman–Crippen LogP) is -0.330. The molecular formula is C13H14N2O4P+. The highest BCUT2D eigenvalue weighted by atomic mass is 31.2. The van der Waals surface area contributed by atoms with E-state index >= 15 is 0 Å². The van der Waals surface area contributed by atoms with E-state index in [2.05, 4.69) is 0 Å². The number of rotatable bonds is 4. The van der Waals surface area contributed by atoms with Crippen molar-refractivity contribution in [2.45, 2.75) is 6.16 Å². The molecule has 7 heteroatoms. The number of carbonyl (C=O) groups is 1. The monoisotopic (exact) mass is 293 g/mol. The number of nitrogens with two attached hydrogens (primary N) is 1. The van der Waals surface area contributed by atoms with Gasteiger partial charge in [0.25, 0.3) is 5.91 Å². The minimum Gasteiger partial charge on any atom is -0.632 e. The first-order chi connectivity index (χ1) is 9.35. The number of benzene rings is 1. The van der Waals surface area contributed by atoms with Gasteiger partial charge in [-0.3, -0.25) is 4.79 Å². The zero-order valence-corrected chi connectivity index (χ0v) is 11.4. The second kappa shape index (κ2) is 5.64. The fourth-order valence-electron chi connectivity index (χ4n) is 1.79. The summed E-state index contributed by atoms with van der Waals surface area (Å²) < 4.78 is 1.71. The van der Waals surface area contributed by atoms with Crippen molar-refractivity contribution in [2.24, 2.45) is 5.73 Å². The van der Waals surface area contributed by atoms with Gasteiger partial charge in [0.15, 0.2) is 12.4 Å². The summed E-state index contributed by atoms with van der Waals surface area (Å²) in [5, 5.41) is 0. The molecule has 0 aliphatic heterocycles. The lowest BCUT2D eigenvalue weighted by Crippen LogP contribution is -2.31. The normalized spacial score (nSPS) is 11.3. The Balaban J connectivity index is 2.26. The first kappa shape index (κ1) is 14.6. The van der Waals surface area contributed by atoms with Crippen molar-refractivity contribution >= 4 is 13.9 Å². The molecule has 0 bridgehead atoms. The molecule has 0 unspecified atom stereocenters. The van der Waals surface area contributed by atoms with E-state index in [9.17, 15) is 9.69 Å². The fourth-order valence-corrected chi connectivity index (χ4v) is 2.48. The zero-order chi connectivity index (χ0) is 14.8. The summed E-state index contributed by atoms with van der Waals surface area (Å²) in [5.74, 6) is -0.516. The number of hydrogen-bond donors (Lipinski definition) is 3. The Labute approximate surface area is 116 Å². The van der Waals surface area contributed by atoms with E-state index in [4.69, 9.17) is 15.5 Å². The largest absolute Gasteiger partial charge is 0.632 e. The lowest BCUT2D eigenvalue weighted by molar-refractivity contribution is -0.595. The van der Waals surface area contributed by atoms with E-state index < -0.39 is 13.9 Å². The topological polar surface area (TPSA) is 110 Å². The Hall–Kier alpha value is -1.85. The molecule has 0 fully saturated rings. The van der Waals surface area contributed by atoms with Gasteiger partial charge in [0.05, 0.1) is 0 Å². The highest BCUT2D eigenvalue weighted by Gasteiger charge is 2.19. The van der Waals surface area contributed by atoms with Crippen LogP contribution in [0.15, 0.2) is 48.8 Å².